The predicted molar refractivity (Wildman–Crippen MR) is 159 cm³/mol. The maximum atomic E-state index is 12.7. The zero-order valence-electron chi connectivity index (χ0n) is 27.7. The van der Waals surface area contributed by atoms with E-state index in [9.17, 15) is 25.5 Å². The Labute approximate surface area is 262 Å². The molecule has 5 N–H and O–H groups in total. The second-order valence-electron chi connectivity index (χ2n) is 18.3. The van der Waals surface area contributed by atoms with Crippen LogP contribution in [0.15, 0.2) is 0 Å². The van der Waals surface area contributed by atoms with Gasteiger partial charge in [0.15, 0.2) is 12.1 Å². The molecule has 0 aromatic rings. The van der Waals surface area contributed by atoms with Gasteiger partial charge in [-0.3, -0.25) is 0 Å². The first kappa shape index (κ1) is 30.9. The molecule has 3 spiro atoms. The summed E-state index contributed by atoms with van der Waals surface area (Å²) in [7, 11) is 0. The molecule has 0 aromatic heterocycles. The molecule has 9 heteroatoms. The highest BCUT2D eigenvalue weighted by molar-refractivity contribution is 5.34. The van der Waals surface area contributed by atoms with Crippen molar-refractivity contribution in [2.24, 2.45) is 50.7 Å². The standard InChI is InChI=1S/C35H56O9/c1-17-14-19-26(30(4,5)40)44-35(43-19)25(17)31(6)12-13-34-16-33(34)11-10-22(42-27-24(38)23(37)18(36)15-41-27)29(2,3)20(33)8-9-21(34)32(31,7)28(35)39/h17-28,36-40H,8-16H2,1-7H3/t17-,18+,19-,20+,21+,22+,23+,24-,25-,26+,27+,28-,31-,32-,33-,34+,35?/m1/s1. The summed E-state index contributed by atoms with van der Waals surface area (Å²) in [6.45, 7) is 15.2. The first-order valence-corrected chi connectivity index (χ1v) is 17.5. The lowest BCUT2D eigenvalue weighted by molar-refractivity contribution is -0.303. The first-order chi connectivity index (χ1) is 20.4. The van der Waals surface area contributed by atoms with Gasteiger partial charge in [0.2, 0.25) is 0 Å². The van der Waals surface area contributed by atoms with Crippen molar-refractivity contribution in [2.75, 3.05) is 6.61 Å². The largest absolute Gasteiger partial charge is 0.388 e. The van der Waals surface area contributed by atoms with Gasteiger partial charge in [0, 0.05) is 11.3 Å². The van der Waals surface area contributed by atoms with Crippen LogP contribution in [0.25, 0.3) is 0 Å². The Morgan fingerprint density at radius 3 is 2.23 bits per heavy atom. The summed E-state index contributed by atoms with van der Waals surface area (Å²) < 4.78 is 25.8. The molecule has 3 aliphatic heterocycles. The monoisotopic (exact) mass is 620 g/mol. The third-order valence-electron chi connectivity index (χ3n) is 15.9. The van der Waals surface area contributed by atoms with Crippen LogP contribution < -0.4 is 0 Å². The van der Waals surface area contributed by atoms with Crippen LogP contribution in [-0.4, -0.2) is 92.5 Å². The van der Waals surface area contributed by atoms with Crippen molar-refractivity contribution < 1.29 is 44.5 Å². The third kappa shape index (κ3) is 3.38. The van der Waals surface area contributed by atoms with Crippen molar-refractivity contribution in [1.82, 2.24) is 0 Å². The van der Waals surface area contributed by atoms with E-state index in [1.54, 1.807) is 13.8 Å². The second-order valence-corrected chi connectivity index (χ2v) is 18.3. The lowest BCUT2D eigenvalue weighted by atomic mass is 9.41. The third-order valence-corrected chi connectivity index (χ3v) is 15.9. The van der Waals surface area contributed by atoms with Crippen LogP contribution in [0, 0.1) is 50.7 Å². The van der Waals surface area contributed by atoms with Gasteiger partial charge in [-0.05, 0) is 105 Å². The number of fused-ring (bicyclic) bond motifs is 4. The Balaban J connectivity index is 1.10. The summed E-state index contributed by atoms with van der Waals surface area (Å²) in [5, 5.41) is 54.5. The van der Waals surface area contributed by atoms with Crippen LogP contribution in [0.3, 0.4) is 0 Å². The molecule has 3 saturated heterocycles. The lowest BCUT2D eigenvalue weighted by Gasteiger charge is -2.63. The first-order valence-electron chi connectivity index (χ1n) is 17.5. The van der Waals surface area contributed by atoms with Crippen LogP contribution in [0.1, 0.15) is 99.8 Å². The Bertz CT molecular complexity index is 1200. The van der Waals surface area contributed by atoms with E-state index in [2.05, 4.69) is 34.6 Å². The molecule has 0 amide bonds. The molecule has 5 aliphatic carbocycles. The van der Waals surface area contributed by atoms with Crippen molar-refractivity contribution in [3.63, 3.8) is 0 Å². The fourth-order valence-corrected chi connectivity index (χ4v) is 14.0. The highest BCUT2D eigenvalue weighted by Gasteiger charge is 2.88. The summed E-state index contributed by atoms with van der Waals surface area (Å²) in [6, 6.07) is 0. The molecule has 8 rings (SSSR count). The summed E-state index contributed by atoms with van der Waals surface area (Å²) in [6.07, 6.45) is 2.00. The average molecular weight is 621 g/mol. The Hall–Kier alpha value is -0.360. The Morgan fingerprint density at radius 2 is 1.52 bits per heavy atom. The fourth-order valence-electron chi connectivity index (χ4n) is 14.0. The highest BCUT2D eigenvalue weighted by atomic mass is 16.8. The maximum Gasteiger partial charge on any atom is 0.199 e. The van der Waals surface area contributed by atoms with Crippen molar-refractivity contribution in [1.29, 1.82) is 0 Å². The van der Waals surface area contributed by atoms with Crippen LogP contribution >= 0.6 is 0 Å². The molecule has 3 heterocycles. The van der Waals surface area contributed by atoms with Crippen molar-refractivity contribution in [3.05, 3.63) is 0 Å². The van der Waals surface area contributed by atoms with Gasteiger partial charge in [-0.2, -0.15) is 0 Å². The summed E-state index contributed by atoms with van der Waals surface area (Å²) >= 11 is 0. The average Bonchev–Trinajstić information content (AvgIpc) is 3.45. The van der Waals surface area contributed by atoms with Crippen molar-refractivity contribution >= 4 is 0 Å². The van der Waals surface area contributed by atoms with E-state index in [0.29, 0.717) is 17.8 Å². The van der Waals surface area contributed by atoms with Gasteiger partial charge in [-0.25, -0.2) is 0 Å². The summed E-state index contributed by atoms with van der Waals surface area (Å²) in [4.78, 5) is 0. The SMILES string of the molecule is C[C@@H]1C[C@H]2OC3(O[C@@H]2C(C)(C)O)[C@H](O)[C@@]2(C)[C@@H]4CC[C@H]5C(C)(C)[C@@H](O[C@@H]6OC[C@H](O)[C@H](O)[C@H]6O)CC[C@@]56C[C@@]46CC[C@]2(C)[C@@H]13. The minimum Gasteiger partial charge on any atom is -0.388 e. The number of aliphatic hydroxyl groups is 5. The summed E-state index contributed by atoms with van der Waals surface area (Å²) in [5.74, 6) is 0.108. The van der Waals surface area contributed by atoms with Gasteiger partial charge in [0.25, 0.3) is 0 Å². The van der Waals surface area contributed by atoms with E-state index in [1.807, 2.05) is 0 Å². The van der Waals surface area contributed by atoms with Gasteiger partial charge in [0.05, 0.1) is 24.4 Å². The second kappa shape index (κ2) is 9.00. The fraction of sp³-hybridized carbons (Fsp3) is 1.00. The van der Waals surface area contributed by atoms with Gasteiger partial charge < -0.3 is 44.5 Å². The molecule has 8 fully saturated rings. The predicted octanol–water partition coefficient (Wildman–Crippen LogP) is 3.12. The van der Waals surface area contributed by atoms with Gasteiger partial charge in [-0.15, -0.1) is 0 Å². The minimum absolute atomic E-state index is 0.0559. The van der Waals surface area contributed by atoms with Crippen molar-refractivity contribution in [2.45, 2.75) is 160 Å². The zero-order chi connectivity index (χ0) is 31.6. The number of aliphatic hydroxyl groups excluding tert-OH is 4. The molecule has 0 aromatic carbocycles. The molecule has 9 nitrogen and oxygen atoms in total. The molecule has 44 heavy (non-hydrogen) atoms. The number of ether oxygens (including phenoxy) is 4. The molecule has 17 atom stereocenters. The van der Waals surface area contributed by atoms with Crippen LogP contribution in [0.2, 0.25) is 0 Å². The van der Waals surface area contributed by atoms with Crippen LogP contribution in [0.5, 0.6) is 0 Å². The highest BCUT2D eigenvalue weighted by Crippen LogP contribution is 2.90. The molecule has 250 valence electrons. The molecule has 1 unspecified atom stereocenters. The minimum atomic E-state index is -1.28. The van der Waals surface area contributed by atoms with E-state index in [0.717, 1.165) is 44.9 Å². The quantitative estimate of drug-likeness (QED) is 0.301. The molecule has 5 saturated carbocycles. The lowest BCUT2D eigenvalue weighted by Crippen LogP contribution is -2.61. The normalized spacial score (nSPS) is 62.2. The Morgan fingerprint density at radius 1 is 0.841 bits per heavy atom. The van der Waals surface area contributed by atoms with Crippen LogP contribution in [-0.2, 0) is 18.9 Å². The molecule has 0 radical (unpaired) electrons. The van der Waals surface area contributed by atoms with Gasteiger partial charge >= 0.3 is 0 Å². The number of hydrogen-bond donors (Lipinski definition) is 5. The molecular weight excluding hydrogens is 564 g/mol. The maximum absolute atomic E-state index is 12.7. The van der Waals surface area contributed by atoms with E-state index >= 15 is 0 Å². The number of hydrogen-bond acceptors (Lipinski definition) is 9. The summed E-state index contributed by atoms with van der Waals surface area (Å²) in [5.41, 5.74) is -1.39. The Kier molecular flexibility index (Phi) is 6.33. The van der Waals surface area contributed by atoms with E-state index in [4.69, 9.17) is 18.9 Å². The number of rotatable bonds is 3. The molecular formula is C35H56O9. The molecule has 2 bridgehead atoms. The van der Waals surface area contributed by atoms with E-state index < -0.39 is 48.2 Å². The van der Waals surface area contributed by atoms with Crippen LogP contribution in [0.4, 0.5) is 0 Å². The zero-order valence-corrected chi connectivity index (χ0v) is 27.7. The molecule has 8 aliphatic rings. The van der Waals surface area contributed by atoms with E-state index in [-0.39, 0.29) is 51.8 Å². The smallest absolute Gasteiger partial charge is 0.199 e. The van der Waals surface area contributed by atoms with E-state index in [1.165, 1.54) is 6.42 Å². The topological polar surface area (TPSA) is 138 Å². The van der Waals surface area contributed by atoms with Crippen molar-refractivity contribution in [3.8, 4) is 0 Å². The van der Waals surface area contributed by atoms with Gasteiger partial charge in [0.1, 0.15) is 30.5 Å². The van der Waals surface area contributed by atoms with Gasteiger partial charge in [-0.1, -0.05) is 34.6 Å².